The Hall–Kier alpha value is -2.06. The standard InChI is InChI=1S/C16H14O2/c17-10-4-3-5-12-8-9-16-14(11-12)13-6-1-2-7-15(13)18-16/h1-3,5-9,11,17H,4,10H2. The third-order valence-electron chi connectivity index (χ3n) is 3.01. The van der Waals surface area contributed by atoms with Crippen molar-refractivity contribution in [3.05, 3.63) is 54.1 Å². The Morgan fingerprint density at radius 3 is 2.72 bits per heavy atom. The zero-order valence-corrected chi connectivity index (χ0v) is 9.97. The molecule has 1 heterocycles. The molecule has 1 N–H and O–H groups in total. The van der Waals surface area contributed by atoms with Gasteiger partial charge in [-0.3, -0.25) is 0 Å². The van der Waals surface area contributed by atoms with Gasteiger partial charge in [0.1, 0.15) is 11.2 Å². The minimum absolute atomic E-state index is 0.188. The van der Waals surface area contributed by atoms with E-state index >= 15 is 0 Å². The number of rotatable bonds is 3. The normalized spacial score (nSPS) is 11.8. The molecule has 0 bridgehead atoms. The lowest BCUT2D eigenvalue weighted by atomic mass is 10.1. The highest BCUT2D eigenvalue weighted by Crippen LogP contribution is 2.29. The highest BCUT2D eigenvalue weighted by Gasteiger charge is 2.05. The second-order valence-corrected chi connectivity index (χ2v) is 4.27. The van der Waals surface area contributed by atoms with Crippen LogP contribution in [0.5, 0.6) is 0 Å². The molecule has 2 nitrogen and oxygen atoms in total. The fourth-order valence-corrected chi connectivity index (χ4v) is 2.14. The van der Waals surface area contributed by atoms with Crippen molar-refractivity contribution in [1.82, 2.24) is 0 Å². The molecule has 0 saturated heterocycles. The van der Waals surface area contributed by atoms with E-state index in [1.54, 1.807) is 0 Å². The van der Waals surface area contributed by atoms with Crippen LogP contribution in [0.15, 0.2) is 53.0 Å². The Morgan fingerprint density at radius 2 is 1.83 bits per heavy atom. The van der Waals surface area contributed by atoms with Crippen LogP contribution >= 0.6 is 0 Å². The molecule has 0 amide bonds. The van der Waals surface area contributed by atoms with Gasteiger partial charge in [-0.2, -0.15) is 0 Å². The number of aliphatic hydroxyl groups excluding tert-OH is 1. The van der Waals surface area contributed by atoms with Crippen LogP contribution in [-0.4, -0.2) is 11.7 Å². The van der Waals surface area contributed by atoms with E-state index in [0.29, 0.717) is 6.42 Å². The minimum Gasteiger partial charge on any atom is -0.456 e. The molecule has 0 atom stereocenters. The lowest BCUT2D eigenvalue weighted by molar-refractivity contribution is 0.303. The molecule has 0 aliphatic rings. The van der Waals surface area contributed by atoms with Gasteiger partial charge in [-0.15, -0.1) is 0 Å². The molecule has 0 unspecified atom stereocenters. The Bertz CT molecular complexity index is 707. The minimum atomic E-state index is 0.188. The average Bonchev–Trinajstić information content (AvgIpc) is 2.77. The fourth-order valence-electron chi connectivity index (χ4n) is 2.14. The molecule has 90 valence electrons. The van der Waals surface area contributed by atoms with Crippen molar-refractivity contribution < 1.29 is 9.52 Å². The zero-order valence-electron chi connectivity index (χ0n) is 9.97. The van der Waals surface area contributed by atoms with Gasteiger partial charge >= 0.3 is 0 Å². The van der Waals surface area contributed by atoms with Crippen LogP contribution in [-0.2, 0) is 0 Å². The number of furan rings is 1. The van der Waals surface area contributed by atoms with E-state index in [1.807, 2.05) is 42.5 Å². The Labute approximate surface area is 105 Å². The zero-order chi connectivity index (χ0) is 12.4. The molecule has 2 aromatic carbocycles. The molecule has 0 saturated carbocycles. The third kappa shape index (κ3) is 1.91. The van der Waals surface area contributed by atoms with Crippen LogP contribution in [0.25, 0.3) is 28.0 Å². The maximum atomic E-state index is 8.76. The summed E-state index contributed by atoms with van der Waals surface area (Å²) in [5.74, 6) is 0. The van der Waals surface area contributed by atoms with Gasteiger partial charge in [0.15, 0.2) is 0 Å². The Balaban J connectivity index is 2.12. The lowest BCUT2D eigenvalue weighted by Gasteiger charge is -1.94. The van der Waals surface area contributed by atoms with Crippen molar-refractivity contribution >= 4 is 28.0 Å². The molecule has 0 aliphatic heterocycles. The largest absolute Gasteiger partial charge is 0.456 e. The molecule has 1 aromatic heterocycles. The van der Waals surface area contributed by atoms with Crippen LogP contribution in [0.4, 0.5) is 0 Å². The first-order chi connectivity index (χ1) is 8.88. The second kappa shape index (κ2) is 4.67. The van der Waals surface area contributed by atoms with Gasteiger partial charge in [-0.1, -0.05) is 36.4 Å². The summed E-state index contributed by atoms with van der Waals surface area (Å²) in [5.41, 5.74) is 2.96. The first-order valence-corrected chi connectivity index (χ1v) is 6.07. The van der Waals surface area contributed by atoms with E-state index < -0.39 is 0 Å². The van der Waals surface area contributed by atoms with Gasteiger partial charge in [0.2, 0.25) is 0 Å². The quantitative estimate of drug-likeness (QED) is 0.748. The van der Waals surface area contributed by atoms with Crippen molar-refractivity contribution in [3.8, 4) is 0 Å². The molecule has 18 heavy (non-hydrogen) atoms. The van der Waals surface area contributed by atoms with E-state index in [-0.39, 0.29) is 6.61 Å². The van der Waals surface area contributed by atoms with Crippen LogP contribution in [0, 0.1) is 0 Å². The second-order valence-electron chi connectivity index (χ2n) is 4.27. The summed E-state index contributed by atoms with van der Waals surface area (Å²) in [6, 6.07) is 14.2. The molecule has 0 fully saturated rings. The summed E-state index contributed by atoms with van der Waals surface area (Å²) in [6.45, 7) is 0.188. The van der Waals surface area contributed by atoms with Gasteiger partial charge < -0.3 is 9.52 Å². The lowest BCUT2D eigenvalue weighted by Crippen LogP contribution is -1.76. The van der Waals surface area contributed by atoms with E-state index in [2.05, 4.69) is 12.1 Å². The number of hydrogen-bond donors (Lipinski definition) is 1. The molecule has 3 aromatic rings. The SMILES string of the molecule is OCCC=Cc1ccc2oc3ccccc3c2c1. The summed E-state index contributed by atoms with van der Waals surface area (Å²) < 4.78 is 5.77. The molecule has 0 radical (unpaired) electrons. The van der Waals surface area contributed by atoms with Gasteiger partial charge in [-0.25, -0.2) is 0 Å². The van der Waals surface area contributed by atoms with Crippen LogP contribution in [0.1, 0.15) is 12.0 Å². The number of aliphatic hydroxyl groups is 1. The maximum absolute atomic E-state index is 8.76. The summed E-state index contributed by atoms with van der Waals surface area (Å²) in [5, 5.41) is 11.0. The van der Waals surface area contributed by atoms with Gasteiger partial charge in [0.25, 0.3) is 0 Å². The van der Waals surface area contributed by atoms with E-state index in [4.69, 9.17) is 9.52 Å². The number of benzene rings is 2. The first-order valence-electron chi connectivity index (χ1n) is 6.07. The Kier molecular flexibility index (Phi) is 2.87. The summed E-state index contributed by atoms with van der Waals surface area (Å²) in [6.07, 6.45) is 4.69. The van der Waals surface area contributed by atoms with Gasteiger partial charge in [0.05, 0.1) is 0 Å². The van der Waals surface area contributed by atoms with Gasteiger partial charge in [-0.05, 0) is 30.2 Å². The van der Waals surface area contributed by atoms with Crippen molar-refractivity contribution in [1.29, 1.82) is 0 Å². The van der Waals surface area contributed by atoms with E-state index in [0.717, 1.165) is 27.5 Å². The number of hydrogen-bond acceptors (Lipinski definition) is 2. The van der Waals surface area contributed by atoms with Crippen molar-refractivity contribution in [2.45, 2.75) is 6.42 Å². The predicted molar refractivity (Wildman–Crippen MR) is 74.5 cm³/mol. The van der Waals surface area contributed by atoms with Crippen LogP contribution in [0.3, 0.4) is 0 Å². The molecule has 3 rings (SSSR count). The summed E-state index contributed by atoms with van der Waals surface area (Å²) >= 11 is 0. The van der Waals surface area contributed by atoms with E-state index in [9.17, 15) is 0 Å². The maximum Gasteiger partial charge on any atom is 0.135 e. The first kappa shape index (κ1) is 11.1. The van der Waals surface area contributed by atoms with Crippen molar-refractivity contribution in [3.63, 3.8) is 0 Å². The van der Waals surface area contributed by atoms with Crippen LogP contribution in [0.2, 0.25) is 0 Å². The van der Waals surface area contributed by atoms with Crippen LogP contribution < -0.4 is 0 Å². The number of para-hydroxylation sites is 1. The van der Waals surface area contributed by atoms with E-state index in [1.165, 1.54) is 0 Å². The topological polar surface area (TPSA) is 33.4 Å². The average molecular weight is 238 g/mol. The van der Waals surface area contributed by atoms with Gasteiger partial charge in [0, 0.05) is 17.4 Å². The van der Waals surface area contributed by atoms with Crippen molar-refractivity contribution in [2.24, 2.45) is 0 Å². The smallest absolute Gasteiger partial charge is 0.135 e. The summed E-state index contributed by atoms with van der Waals surface area (Å²) in [7, 11) is 0. The highest BCUT2D eigenvalue weighted by atomic mass is 16.3. The monoisotopic (exact) mass is 238 g/mol. The molecule has 0 spiro atoms. The number of fused-ring (bicyclic) bond motifs is 3. The fraction of sp³-hybridized carbons (Fsp3) is 0.125. The molecular weight excluding hydrogens is 224 g/mol. The molecule has 0 aliphatic carbocycles. The van der Waals surface area contributed by atoms with Crippen molar-refractivity contribution in [2.75, 3.05) is 6.61 Å². The predicted octanol–water partition coefficient (Wildman–Crippen LogP) is 3.98. The Morgan fingerprint density at radius 1 is 1.00 bits per heavy atom. The molecule has 2 heteroatoms. The highest BCUT2D eigenvalue weighted by molar-refractivity contribution is 6.05. The summed E-state index contributed by atoms with van der Waals surface area (Å²) in [4.78, 5) is 0. The third-order valence-corrected chi connectivity index (χ3v) is 3.01. The molecular formula is C16H14O2.